The molecule has 3 heterocycles. The van der Waals surface area contributed by atoms with E-state index in [-0.39, 0.29) is 11.6 Å². The van der Waals surface area contributed by atoms with Crippen LogP contribution >= 0.6 is 11.3 Å². The minimum absolute atomic E-state index is 0.291. The number of thiophene rings is 1. The second kappa shape index (κ2) is 9.88. The third-order valence-corrected chi connectivity index (χ3v) is 6.31. The van der Waals surface area contributed by atoms with Crippen molar-refractivity contribution in [2.24, 2.45) is 0 Å². The van der Waals surface area contributed by atoms with Gasteiger partial charge in [0.2, 0.25) is 0 Å². The molecule has 1 aromatic heterocycles. The molecule has 0 spiro atoms. The van der Waals surface area contributed by atoms with Gasteiger partial charge in [-0.2, -0.15) is 0 Å². The fourth-order valence-electron chi connectivity index (χ4n) is 3.66. The van der Waals surface area contributed by atoms with Crippen molar-refractivity contribution in [2.75, 3.05) is 51.3 Å². The van der Waals surface area contributed by atoms with Crippen LogP contribution in [0, 0.1) is 0 Å². The normalized spacial score (nSPS) is 18.7. The van der Waals surface area contributed by atoms with Gasteiger partial charge in [-0.15, -0.1) is 11.3 Å². The Morgan fingerprint density at radius 1 is 1.28 bits per heavy atom. The Bertz CT molecular complexity index is 728. The van der Waals surface area contributed by atoms with Crippen molar-refractivity contribution >= 4 is 28.3 Å². The maximum absolute atomic E-state index is 12.6. The molecule has 0 aromatic carbocycles. The van der Waals surface area contributed by atoms with E-state index >= 15 is 0 Å². The molecule has 0 unspecified atom stereocenters. The second-order valence-electron chi connectivity index (χ2n) is 8.00. The first-order chi connectivity index (χ1) is 13.9. The number of esters is 1. The lowest BCUT2D eigenvalue weighted by molar-refractivity contribution is -0.908. The van der Waals surface area contributed by atoms with Crippen LogP contribution in [0.5, 0.6) is 0 Å². The standard InChI is InChI=1S/C20H31N3O5S/c1-4-27-18(24)16-14-12-20(2,3)28-13-15(14)29-17(16)22-19(25)21-6-5-7-23-8-10-26-11-9-23/h4-13H2,1-3H3,(H2,21,22,25)/p+1. The van der Waals surface area contributed by atoms with Crippen LogP contribution in [0.1, 0.15) is 48.0 Å². The molecular weight excluding hydrogens is 394 g/mol. The molecule has 2 amide bonds. The van der Waals surface area contributed by atoms with E-state index in [9.17, 15) is 9.59 Å². The summed E-state index contributed by atoms with van der Waals surface area (Å²) in [5.74, 6) is -0.395. The van der Waals surface area contributed by atoms with Gasteiger partial charge >= 0.3 is 12.0 Å². The number of nitrogens with one attached hydrogen (secondary N) is 3. The SMILES string of the molecule is CCOC(=O)c1c(NC(=O)NCCC[NH+]2CCOCC2)sc2c1CC(C)(C)OC2. The first kappa shape index (κ1) is 22.0. The summed E-state index contributed by atoms with van der Waals surface area (Å²) in [6.45, 7) is 11.8. The third-order valence-electron chi connectivity index (χ3n) is 5.19. The fourth-order valence-corrected chi connectivity index (χ4v) is 4.77. The van der Waals surface area contributed by atoms with E-state index in [1.165, 1.54) is 16.2 Å². The summed E-state index contributed by atoms with van der Waals surface area (Å²) in [5, 5.41) is 6.29. The van der Waals surface area contributed by atoms with Crippen LogP contribution in [0.3, 0.4) is 0 Å². The predicted molar refractivity (Wildman–Crippen MR) is 111 cm³/mol. The van der Waals surface area contributed by atoms with Gasteiger partial charge in [-0.05, 0) is 26.3 Å². The lowest BCUT2D eigenvalue weighted by Gasteiger charge is -2.30. The van der Waals surface area contributed by atoms with Gasteiger partial charge in [0.25, 0.3) is 0 Å². The number of fused-ring (bicyclic) bond motifs is 1. The first-order valence-electron chi connectivity index (χ1n) is 10.3. The van der Waals surface area contributed by atoms with Gasteiger partial charge in [0, 0.05) is 24.3 Å². The zero-order valence-electron chi connectivity index (χ0n) is 17.5. The number of carbonyl (C=O) groups excluding carboxylic acids is 2. The number of amides is 2. The molecule has 2 aliphatic rings. The van der Waals surface area contributed by atoms with E-state index in [0.29, 0.717) is 36.7 Å². The van der Waals surface area contributed by atoms with Crippen LogP contribution in [0.2, 0.25) is 0 Å². The highest BCUT2D eigenvalue weighted by atomic mass is 32.1. The van der Waals surface area contributed by atoms with Gasteiger partial charge in [-0.1, -0.05) is 0 Å². The number of hydrogen-bond donors (Lipinski definition) is 3. The molecule has 1 fully saturated rings. The van der Waals surface area contributed by atoms with E-state index < -0.39 is 5.97 Å². The van der Waals surface area contributed by atoms with Crippen molar-refractivity contribution < 1.29 is 28.7 Å². The fraction of sp³-hybridized carbons (Fsp3) is 0.700. The molecule has 0 bridgehead atoms. The highest BCUT2D eigenvalue weighted by Gasteiger charge is 2.34. The molecule has 0 aliphatic carbocycles. The Hall–Kier alpha value is -1.68. The molecule has 29 heavy (non-hydrogen) atoms. The summed E-state index contributed by atoms with van der Waals surface area (Å²) in [6.07, 6.45) is 1.51. The van der Waals surface area contributed by atoms with Crippen LogP contribution < -0.4 is 15.5 Å². The number of hydrogen-bond acceptors (Lipinski definition) is 6. The monoisotopic (exact) mass is 426 g/mol. The number of quaternary nitrogens is 1. The van der Waals surface area contributed by atoms with Crippen LogP contribution in [-0.4, -0.2) is 63.6 Å². The number of rotatable bonds is 7. The summed E-state index contributed by atoms with van der Waals surface area (Å²) in [6, 6.07) is -0.300. The van der Waals surface area contributed by atoms with E-state index in [1.807, 2.05) is 13.8 Å². The smallest absolute Gasteiger partial charge is 0.341 e. The molecule has 2 aliphatic heterocycles. The van der Waals surface area contributed by atoms with Crippen LogP contribution in [0.15, 0.2) is 0 Å². The number of carbonyl (C=O) groups is 2. The summed E-state index contributed by atoms with van der Waals surface area (Å²) >= 11 is 1.39. The highest BCUT2D eigenvalue weighted by molar-refractivity contribution is 7.17. The average Bonchev–Trinajstić information content (AvgIpc) is 3.02. The molecule has 162 valence electrons. The van der Waals surface area contributed by atoms with Gasteiger partial charge < -0.3 is 24.4 Å². The molecule has 0 saturated carbocycles. The van der Waals surface area contributed by atoms with Crippen molar-refractivity contribution in [3.8, 4) is 0 Å². The Kier molecular flexibility index (Phi) is 7.50. The van der Waals surface area contributed by atoms with Crippen LogP contribution in [0.25, 0.3) is 0 Å². The molecule has 1 saturated heterocycles. The van der Waals surface area contributed by atoms with Crippen molar-refractivity contribution in [2.45, 2.75) is 45.8 Å². The van der Waals surface area contributed by atoms with Gasteiger partial charge in [-0.25, -0.2) is 9.59 Å². The molecule has 8 nitrogen and oxygen atoms in total. The summed E-state index contributed by atoms with van der Waals surface area (Å²) in [4.78, 5) is 27.5. The summed E-state index contributed by atoms with van der Waals surface area (Å²) in [7, 11) is 0. The van der Waals surface area contributed by atoms with Crippen molar-refractivity contribution in [1.29, 1.82) is 0 Å². The van der Waals surface area contributed by atoms with Gasteiger partial charge in [0.15, 0.2) is 0 Å². The minimum Gasteiger partial charge on any atom is -0.462 e. The van der Waals surface area contributed by atoms with Crippen LogP contribution in [-0.2, 0) is 27.2 Å². The van der Waals surface area contributed by atoms with Crippen molar-refractivity contribution in [3.05, 3.63) is 16.0 Å². The summed E-state index contributed by atoms with van der Waals surface area (Å²) < 4.78 is 16.5. The third kappa shape index (κ3) is 5.91. The Morgan fingerprint density at radius 3 is 2.76 bits per heavy atom. The van der Waals surface area contributed by atoms with E-state index in [4.69, 9.17) is 14.2 Å². The molecule has 3 rings (SSSR count). The number of anilines is 1. The highest BCUT2D eigenvalue weighted by Crippen LogP contribution is 2.40. The number of urea groups is 1. The van der Waals surface area contributed by atoms with Gasteiger partial charge in [0.05, 0.1) is 44.1 Å². The largest absolute Gasteiger partial charge is 0.462 e. The maximum Gasteiger partial charge on any atom is 0.341 e. The molecule has 1 aromatic rings. The van der Waals surface area contributed by atoms with E-state index in [2.05, 4.69) is 10.6 Å². The minimum atomic E-state index is -0.395. The van der Waals surface area contributed by atoms with Crippen molar-refractivity contribution in [1.82, 2.24) is 5.32 Å². The quantitative estimate of drug-likeness (QED) is 0.450. The van der Waals surface area contributed by atoms with E-state index in [1.54, 1.807) is 6.92 Å². The number of ether oxygens (including phenoxy) is 3. The number of morpholine rings is 1. The molecule has 9 heteroatoms. The van der Waals surface area contributed by atoms with E-state index in [0.717, 1.165) is 49.7 Å². The average molecular weight is 427 g/mol. The zero-order chi connectivity index (χ0) is 20.9. The molecule has 3 N–H and O–H groups in total. The van der Waals surface area contributed by atoms with Gasteiger partial charge in [0.1, 0.15) is 18.1 Å². The Balaban J connectivity index is 1.59. The zero-order valence-corrected chi connectivity index (χ0v) is 18.3. The molecular formula is C20H32N3O5S+. The Labute approximate surface area is 175 Å². The topological polar surface area (TPSA) is 90.3 Å². The lowest BCUT2D eigenvalue weighted by Crippen LogP contribution is -3.14. The second-order valence-corrected chi connectivity index (χ2v) is 9.11. The molecule has 0 atom stereocenters. The van der Waals surface area contributed by atoms with Crippen LogP contribution in [0.4, 0.5) is 9.80 Å². The maximum atomic E-state index is 12.6. The summed E-state index contributed by atoms with van der Waals surface area (Å²) in [5.41, 5.74) is 1.04. The molecule has 0 radical (unpaired) electrons. The first-order valence-corrected chi connectivity index (χ1v) is 11.1. The van der Waals surface area contributed by atoms with Crippen molar-refractivity contribution in [3.63, 3.8) is 0 Å². The Morgan fingerprint density at radius 2 is 2.03 bits per heavy atom. The predicted octanol–water partition coefficient (Wildman–Crippen LogP) is 1.20. The lowest BCUT2D eigenvalue weighted by atomic mass is 9.93. The van der Waals surface area contributed by atoms with Gasteiger partial charge in [-0.3, -0.25) is 5.32 Å².